The molecule has 0 heterocycles. The molecular formula is C17H21NO. The highest BCUT2D eigenvalue weighted by Crippen LogP contribution is 2.26. The van der Waals surface area contributed by atoms with Gasteiger partial charge in [-0.2, -0.15) is 0 Å². The van der Waals surface area contributed by atoms with Crippen LogP contribution < -0.4 is 10.5 Å². The molecule has 0 aromatic heterocycles. The standard InChI is InChI=1S/C17H21NO/c1-3-15(18)12-14-6-4-5-7-17(14)19-16-10-8-13(2)9-11-16/h4-11,15H,3,12,18H2,1-2H3. The van der Waals surface area contributed by atoms with Gasteiger partial charge >= 0.3 is 0 Å². The average Bonchev–Trinajstić information content (AvgIpc) is 2.43. The predicted molar refractivity (Wildman–Crippen MR) is 79.7 cm³/mol. The molecule has 0 amide bonds. The van der Waals surface area contributed by atoms with Crippen LogP contribution in [0.3, 0.4) is 0 Å². The fourth-order valence-corrected chi connectivity index (χ4v) is 1.93. The van der Waals surface area contributed by atoms with Crippen molar-refractivity contribution in [3.63, 3.8) is 0 Å². The smallest absolute Gasteiger partial charge is 0.130 e. The van der Waals surface area contributed by atoms with Gasteiger partial charge in [-0.25, -0.2) is 0 Å². The summed E-state index contributed by atoms with van der Waals surface area (Å²) in [6, 6.07) is 16.4. The van der Waals surface area contributed by atoms with Gasteiger partial charge in [0, 0.05) is 6.04 Å². The topological polar surface area (TPSA) is 35.2 Å². The Labute approximate surface area is 115 Å². The van der Waals surface area contributed by atoms with E-state index in [0.29, 0.717) is 0 Å². The van der Waals surface area contributed by atoms with E-state index >= 15 is 0 Å². The minimum Gasteiger partial charge on any atom is -0.457 e. The second-order valence-electron chi connectivity index (χ2n) is 4.90. The molecular weight excluding hydrogens is 234 g/mol. The van der Waals surface area contributed by atoms with Crippen molar-refractivity contribution in [2.24, 2.45) is 5.73 Å². The minimum absolute atomic E-state index is 0.183. The Morgan fingerprint density at radius 1 is 1.05 bits per heavy atom. The molecule has 0 aliphatic heterocycles. The number of para-hydroxylation sites is 1. The van der Waals surface area contributed by atoms with Gasteiger partial charge in [0.05, 0.1) is 0 Å². The molecule has 2 rings (SSSR count). The van der Waals surface area contributed by atoms with Gasteiger partial charge in [-0.05, 0) is 43.5 Å². The molecule has 0 radical (unpaired) electrons. The van der Waals surface area contributed by atoms with Crippen molar-refractivity contribution < 1.29 is 4.74 Å². The summed E-state index contributed by atoms with van der Waals surface area (Å²) in [5.74, 6) is 1.76. The Morgan fingerprint density at radius 3 is 2.42 bits per heavy atom. The van der Waals surface area contributed by atoms with E-state index in [1.807, 2.05) is 30.3 Å². The SMILES string of the molecule is CCC(N)Cc1ccccc1Oc1ccc(C)cc1. The van der Waals surface area contributed by atoms with Crippen LogP contribution in [0.2, 0.25) is 0 Å². The molecule has 0 saturated heterocycles. The molecule has 0 fully saturated rings. The molecule has 100 valence electrons. The highest BCUT2D eigenvalue weighted by molar-refractivity contribution is 5.38. The van der Waals surface area contributed by atoms with Crippen molar-refractivity contribution >= 4 is 0 Å². The molecule has 2 N–H and O–H groups in total. The Balaban J connectivity index is 2.17. The maximum absolute atomic E-state index is 6.03. The number of benzene rings is 2. The third-order valence-corrected chi connectivity index (χ3v) is 3.23. The molecule has 1 unspecified atom stereocenters. The lowest BCUT2D eigenvalue weighted by molar-refractivity contribution is 0.472. The van der Waals surface area contributed by atoms with E-state index in [1.54, 1.807) is 0 Å². The van der Waals surface area contributed by atoms with Crippen LogP contribution in [0.25, 0.3) is 0 Å². The summed E-state index contributed by atoms with van der Waals surface area (Å²) in [7, 11) is 0. The van der Waals surface area contributed by atoms with Crippen molar-refractivity contribution in [3.8, 4) is 11.5 Å². The predicted octanol–water partition coefficient (Wildman–Crippen LogP) is 4.07. The van der Waals surface area contributed by atoms with E-state index in [2.05, 4.69) is 32.0 Å². The second-order valence-corrected chi connectivity index (χ2v) is 4.90. The average molecular weight is 255 g/mol. The van der Waals surface area contributed by atoms with Gasteiger partial charge < -0.3 is 10.5 Å². The monoisotopic (exact) mass is 255 g/mol. The summed E-state index contributed by atoms with van der Waals surface area (Å²) in [5, 5.41) is 0. The molecule has 19 heavy (non-hydrogen) atoms. The number of rotatable bonds is 5. The summed E-state index contributed by atoms with van der Waals surface area (Å²) in [5.41, 5.74) is 8.43. The van der Waals surface area contributed by atoms with Gasteiger partial charge in [-0.15, -0.1) is 0 Å². The number of aryl methyl sites for hydroxylation is 1. The number of hydrogen-bond acceptors (Lipinski definition) is 2. The van der Waals surface area contributed by atoms with Crippen LogP contribution in [-0.2, 0) is 6.42 Å². The van der Waals surface area contributed by atoms with Crippen LogP contribution in [0.5, 0.6) is 11.5 Å². The third-order valence-electron chi connectivity index (χ3n) is 3.23. The summed E-state index contributed by atoms with van der Waals surface area (Å²) in [4.78, 5) is 0. The van der Waals surface area contributed by atoms with E-state index < -0.39 is 0 Å². The maximum atomic E-state index is 6.03. The van der Waals surface area contributed by atoms with Crippen LogP contribution in [0.1, 0.15) is 24.5 Å². The van der Waals surface area contributed by atoms with Gasteiger partial charge in [-0.3, -0.25) is 0 Å². The molecule has 2 aromatic rings. The van der Waals surface area contributed by atoms with Gasteiger partial charge in [0.2, 0.25) is 0 Å². The molecule has 0 spiro atoms. The zero-order valence-electron chi connectivity index (χ0n) is 11.6. The quantitative estimate of drug-likeness (QED) is 0.874. The van der Waals surface area contributed by atoms with Crippen LogP contribution >= 0.6 is 0 Å². The first-order chi connectivity index (χ1) is 9.19. The minimum atomic E-state index is 0.183. The van der Waals surface area contributed by atoms with E-state index in [-0.39, 0.29) is 6.04 Å². The Morgan fingerprint density at radius 2 is 1.74 bits per heavy atom. The Kier molecular flexibility index (Phi) is 4.58. The summed E-state index contributed by atoms with van der Waals surface area (Å²) in [6.07, 6.45) is 1.82. The third kappa shape index (κ3) is 3.83. The van der Waals surface area contributed by atoms with Gasteiger partial charge in [-0.1, -0.05) is 42.8 Å². The lowest BCUT2D eigenvalue weighted by Crippen LogP contribution is -2.21. The maximum Gasteiger partial charge on any atom is 0.130 e. The summed E-state index contributed by atoms with van der Waals surface area (Å²) < 4.78 is 5.95. The van der Waals surface area contributed by atoms with Crippen LogP contribution in [0.4, 0.5) is 0 Å². The molecule has 0 saturated carbocycles. The van der Waals surface area contributed by atoms with E-state index in [1.165, 1.54) is 5.56 Å². The fraction of sp³-hybridized carbons (Fsp3) is 0.294. The highest BCUT2D eigenvalue weighted by Gasteiger charge is 2.08. The van der Waals surface area contributed by atoms with Crippen molar-refractivity contribution in [2.75, 3.05) is 0 Å². The van der Waals surface area contributed by atoms with E-state index in [0.717, 1.165) is 29.9 Å². The molecule has 0 aliphatic carbocycles. The molecule has 1 atom stereocenters. The van der Waals surface area contributed by atoms with Crippen molar-refractivity contribution in [1.29, 1.82) is 0 Å². The first-order valence-electron chi connectivity index (χ1n) is 6.77. The number of nitrogens with two attached hydrogens (primary N) is 1. The van der Waals surface area contributed by atoms with Crippen molar-refractivity contribution in [3.05, 3.63) is 59.7 Å². The fourth-order valence-electron chi connectivity index (χ4n) is 1.93. The van der Waals surface area contributed by atoms with Crippen molar-refractivity contribution in [2.45, 2.75) is 32.7 Å². The first kappa shape index (κ1) is 13.6. The molecule has 2 heteroatoms. The Bertz CT molecular complexity index is 519. The largest absolute Gasteiger partial charge is 0.457 e. The lowest BCUT2D eigenvalue weighted by atomic mass is 10.0. The van der Waals surface area contributed by atoms with Crippen LogP contribution in [0.15, 0.2) is 48.5 Å². The molecule has 0 bridgehead atoms. The van der Waals surface area contributed by atoms with E-state index in [9.17, 15) is 0 Å². The summed E-state index contributed by atoms with van der Waals surface area (Å²) >= 11 is 0. The second kappa shape index (κ2) is 6.39. The molecule has 0 aliphatic rings. The lowest BCUT2D eigenvalue weighted by Gasteiger charge is -2.14. The highest BCUT2D eigenvalue weighted by atomic mass is 16.5. The first-order valence-corrected chi connectivity index (χ1v) is 6.77. The zero-order valence-corrected chi connectivity index (χ0v) is 11.6. The normalized spacial score (nSPS) is 12.2. The van der Waals surface area contributed by atoms with Gasteiger partial charge in [0.1, 0.15) is 11.5 Å². The summed E-state index contributed by atoms with van der Waals surface area (Å²) in [6.45, 7) is 4.17. The molecule has 2 aromatic carbocycles. The van der Waals surface area contributed by atoms with Crippen LogP contribution in [0, 0.1) is 6.92 Å². The van der Waals surface area contributed by atoms with Crippen LogP contribution in [-0.4, -0.2) is 6.04 Å². The van der Waals surface area contributed by atoms with Gasteiger partial charge in [0.15, 0.2) is 0 Å². The van der Waals surface area contributed by atoms with Gasteiger partial charge in [0.25, 0.3) is 0 Å². The number of ether oxygens (including phenoxy) is 1. The number of hydrogen-bond donors (Lipinski definition) is 1. The zero-order chi connectivity index (χ0) is 13.7. The van der Waals surface area contributed by atoms with Crippen molar-refractivity contribution in [1.82, 2.24) is 0 Å². The van der Waals surface area contributed by atoms with E-state index in [4.69, 9.17) is 10.5 Å². The Hall–Kier alpha value is -1.80. The molecule has 2 nitrogen and oxygen atoms in total.